The summed E-state index contributed by atoms with van der Waals surface area (Å²) in [6, 6.07) is 57.2. The highest BCUT2D eigenvalue weighted by Gasteiger charge is 2.21. The molecule has 11 aromatic rings. The van der Waals surface area contributed by atoms with Gasteiger partial charge in [0.15, 0.2) is 17.5 Å². The number of nitrogens with zero attached hydrogens (tertiary/aromatic N) is 5. The first-order valence-electron chi connectivity index (χ1n) is 17.5. The van der Waals surface area contributed by atoms with E-state index >= 15 is 0 Å². The van der Waals surface area contributed by atoms with Gasteiger partial charge >= 0.3 is 0 Å². The summed E-state index contributed by atoms with van der Waals surface area (Å²) in [5.74, 6) is 2.87. The van der Waals surface area contributed by atoms with E-state index in [9.17, 15) is 0 Å². The van der Waals surface area contributed by atoms with Gasteiger partial charge in [-0.1, -0.05) is 103 Å². The minimum absolute atomic E-state index is 0.650. The van der Waals surface area contributed by atoms with Crippen LogP contribution in [0.25, 0.3) is 103 Å². The van der Waals surface area contributed by atoms with Gasteiger partial charge in [-0.25, -0.2) is 19.9 Å². The minimum Gasteiger partial charge on any atom is -0.292 e. The number of aromatic nitrogens is 5. The van der Waals surface area contributed by atoms with E-state index in [1.54, 1.807) is 22.7 Å². The lowest BCUT2D eigenvalue weighted by Gasteiger charge is -2.11. The number of hydrogen-bond acceptors (Lipinski definition) is 6. The number of para-hydroxylation sites is 3. The first-order chi connectivity index (χ1) is 26.3. The number of benzene rings is 7. The van der Waals surface area contributed by atoms with Crippen LogP contribution in [0, 0.1) is 0 Å². The molecule has 0 atom stereocenters. The number of thiophene rings is 2. The van der Waals surface area contributed by atoms with Gasteiger partial charge in [0.2, 0.25) is 0 Å². The lowest BCUT2D eigenvalue weighted by Crippen LogP contribution is -2.00. The predicted molar refractivity (Wildman–Crippen MR) is 222 cm³/mol. The lowest BCUT2D eigenvalue weighted by molar-refractivity contribution is 1.08. The first kappa shape index (κ1) is 30.1. The van der Waals surface area contributed by atoms with E-state index in [0.29, 0.717) is 17.5 Å². The molecule has 5 nitrogen and oxygen atoms in total. The van der Waals surface area contributed by atoms with Crippen LogP contribution in [0.2, 0.25) is 0 Å². The highest BCUT2D eigenvalue weighted by atomic mass is 32.1. The van der Waals surface area contributed by atoms with E-state index in [-0.39, 0.29) is 0 Å². The van der Waals surface area contributed by atoms with Gasteiger partial charge in [0.05, 0.1) is 11.0 Å². The molecule has 4 aromatic heterocycles. The van der Waals surface area contributed by atoms with Crippen LogP contribution in [0.1, 0.15) is 0 Å². The van der Waals surface area contributed by atoms with E-state index in [0.717, 1.165) is 55.6 Å². The van der Waals surface area contributed by atoms with Gasteiger partial charge in [-0.05, 0) is 60.7 Å². The molecule has 4 heterocycles. The third-order valence-electron chi connectivity index (χ3n) is 9.88. The molecule has 0 aliphatic heterocycles. The van der Waals surface area contributed by atoms with Gasteiger partial charge in [-0.3, -0.25) is 4.57 Å². The van der Waals surface area contributed by atoms with Crippen LogP contribution in [-0.4, -0.2) is 24.5 Å². The fourth-order valence-electron chi connectivity index (χ4n) is 7.47. The maximum Gasteiger partial charge on any atom is 0.165 e. The Morgan fingerprint density at radius 1 is 0.415 bits per heavy atom. The third-order valence-corrected chi connectivity index (χ3v) is 12.2. The van der Waals surface area contributed by atoms with Crippen molar-refractivity contribution in [2.45, 2.75) is 0 Å². The average molecular weight is 714 g/mol. The van der Waals surface area contributed by atoms with Crippen LogP contribution in [0.5, 0.6) is 0 Å². The summed E-state index contributed by atoms with van der Waals surface area (Å²) in [4.78, 5) is 20.8. The SMILES string of the molecule is c1ccc(-c2nc(-c3cccc4c3sc3ccccc34)nc(-c3cccc4sc5ccc(-c6nc7ccccc7n6-c6ccccc6)cc5c34)n2)cc1. The van der Waals surface area contributed by atoms with Crippen LogP contribution in [0.4, 0.5) is 0 Å². The maximum absolute atomic E-state index is 5.29. The molecule has 0 saturated heterocycles. The van der Waals surface area contributed by atoms with E-state index < -0.39 is 0 Å². The Kier molecular flexibility index (Phi) is 6.83. The fraction of sp³-hybridized carbons (Fsp3) is 0. The van der Waals surface area contributed by atoms with E-state index in [2.05, 4.69) is 138 Å². The van der Waals surface area contributed by atoms with Crippen LogP contribution < -0.4 is 0 Å². The molecule has 0 unspecified atom stereocenters. The minimum atomic E-state index is 0.650. The Morgan fingerprint density at radius 2 is 1.08 bits per heavy atom. The summed E-state index contributed by atoms with van der Waals surface area (Å²) < 4.78 is 7.06. The topological polar surface area (TPSA) is 56.5 Å². The molecular weight excluding hydrogens is 687 g/mol. The van der Waals surface area contributed by atoms with Crippen molar-refractivity contribution in [1.29, 1.82) is 0 Å². The molecule has 7 heteroatoms. The van der Waals surface area contributed by atoms with Crippen LogP contribution in [-0.2, 0) is 0 Å². The van der Waals surface area contributed by atoms with Crippen molar-refractivity contribution in [2.24, 2.45) is 0 Å². The van der Waals surface area contributed by atoms with E-state index in [4.69, 9.17) is 19.9 Å². The zero-order chi connectivity index (χ0) is 34.9. The fourth-order valence-corrected chi connectivity index (χ4v) is 9.79. The molecule has 53 heavy (non-hydrogen) atoms. The van der Waals surface area contributed by atoms with Crippen molar-refractivity contribution >= 4 is 74.1 Å². The Morgan fingerprint density at radius 3 is 1.96 bits per heavy atom. The van der Waals surface area contributed by atoms with Crippen molar-refractivity contribution in [2.75, 3.05) is 0 Å². The third kappa shape index (κ3) is 4.89. The van der Waals surface area contributed by atoms with Gasteiger partial charge in [0.25, 0.3) is 0 Å². The van der Waals surface area contributed by atoms with Gasteiger partial charge in [-0.2, -0.15) is 0 Å². The average Bonchev–Trinajstić information content (AvgIpc) is 3.92. The smallest absolute Gasteiger partial charge is 0.165 e. The summed E-state index contributed by atoms with van der Waals surface area (Å²) in [5, 5.41) is 4.75. The molecule has 248 valence electrons. The molecule has 7 aromatic carbocycles. The first-order valence-corrected chi connectivity index (χ1v) is 19.1. The molecule has 0 bridgehead atoms. The van der Waals surface area contributed by atoms with Gasteiger partial charge in [-0.15, -0.1) is 22.7 Å². The summed E-state index contributed by atoms with van der Waals surface area (Å²) in [5.41, 5.74) is 7.09. The molecule has 0 amide bonds. The second-order valence-corrected chi connectivity index (χ2v) is 15.2. The van der Waals surface area contributed by atoms with Crippen LogP contribution in [0.15, 0.2) is 164 Å². The van der Waals surface area contributed by atoms with Crippen molar-refractivity contribution in [3.05, 3.63) is 164 Å². The predicted octanol–water partition coefficient (Wildman–Crippen LogP) is 12.6. The molecular formula is C46H27N5S2. The Bertz CT molecular complexity index is 3180. The number of fused-ring (bicyclic) bond motifs is 7. The second kappa shape index (κ2) is 12.0. The highest BCUT2D eigenvalue weighted by molar-refractivity contribution is 7.26. The number of hydrogen-bond donors (Lipinski definition) is 0. The number of imidazole rings is 1. The van der Waals surface area contributed by atoms with Crippen LogP contribution in [0.3, 0.4) is 0 Å². The van der Waals surface area contributed by atoms with Crippen molar-refractivity contribution in [3.63, 3.8) is 0 Å². The summed E-state index contributed by atoms with van der Waals surface area (Å²) in [7, 11) is 0. The molecule has 0 N–H and O–H groups in total. The molecule has 0 aliphatic rings. The monoisotopic (exact) mass is 713 g/mol. The largest absolute Gasteiger partial charge is 0.292 e. The van der Waals surface area contributed by atoms with Gasteiger partial charge in [0, 0.05) is 68.3 Å². The maximum atomic E-state index is 5.29. The zero-order valence-electron chi connectivity index (χ0n) is 28.1. The summed E-state index contributed by atoms with van der Waals surface area (Å²) in [6.45, 7) is 0. The van der Waals surface area contributed by atoms with Crippen molar-refractivity contribution in [1.82, 2.24) is 24.5 Å². The molecule has 11 rings (SSSR count). The molecule has 0 spiro atoms. The quantitative estimate of drug-likeness (QED) is 0.178. The zero-order valence-corrected chi connectivity index (χ0v) is 29.8. The van der Waals surface area contributed by atoms with Gasteiger partial charge in [0.1, 0.15) is 5.82 Å². The van der Waals surface area contributed by atoms with Crippen molar-refractivity contribution < 1.29 is 0 Å². The molecule has 0 radical (unpaired) electrons. The van der Waals surface area contributed by atoms with Gasteiger partial charge < -0.3 is 0 Å². The van der Waals surface area contributed by atoms with E-state index in [1.165, 1.54) is 29.6 Å². The standard InChI is InChI=1S/C46H27N5S2/c1-3-13-28(14-4-1)43-48-44(50-45(49-43)34-20-11-18-32-31-17-7-10-23-38(31)53-42(32)34)33-19-12-24-40-41(33)35-27-29(25-26-39(35)52-40)46-47-36-21-8-9-22-37(36)51(46)30-15-5-2-6-16-30/h1-27H. The Labute approximate surface area is 312 Å². The molecule has 0 aliphatic carbocycles. The lowest BCUT2D eigenvalue weighted by atomic mass is 10.0. The second-order valence-electron chi connectivity index (χ2n) is 13.0. The molecule has 0 fully saturated rings. The van der Waals surface area contributed by atoms with E-state index in [1.807, 2.05) is 30.3 Å². The Balaban J connectivity index is 1.15. The highest BCUT2D eigenvalue weighted by Crippen LogP contribution is 2.43. The summed E-state index contributed by atoms with van der Waals surface area (Å²) >= 11 is 3.57. The van der Waals surface area contributed by atoms with Crippen LogP contribution >= 0.6 is 22.7 Å². The Hall–Kier alpha value is -6.54. The summed E-state index contributed by atoms with van der Waals surface area (Å²) in [6.07, 6.45) is 0. The molecule has 0 saturated carbocycles. The van der Waals surface area contributed by atoms with Crippen molar-refractivity contribution in [3.8, 4) is 51.2 Å². The normalized spacial score (nSPS) is 11.8. The number of rotatable bonds is 5.